The van der Waals surface area contributed by atoms with Gasteiger partial charge in [0.15, 0.2) is 35.4 Å². The van der Waals surface area contributed by atoms with Crippen molar-refractivity contribution in [1.29, 1.82) is 0 Å². The van der Waals surface area contributed by atoms with E-state index in [1.165, 1.54) is 30.3 Å². The lowest BCUT2D eigenvalue weighted by Gasteiger charge is -2.45. The molecule has 0 aliphatic carbocycles. The van der Waals surface area contributed by atoms with E-state index >= 15 is 0 Å². The summed E-state index contributed by atoms with van der Waals surface area (Å²) >= 11 is 0. The zero-order valence-electron chi connectivity index (χ0n) is 34.0. The van der Waals surface area contributed by atoms with Crippen LogP contribution >= 0.6 is 0 Å². The Morgan fingerprint density at radius 1 is 0.591 bits per heavy atom. The minimum Gasteiger partial charge on any atom is -0.507 e. The van der Waals surface area contributed by atoms with E-state index in [-0.39, 0.29) is 28.0 Å². The number of hydrogen-bond donors (Lipinski definition) is 15. The average molecular weight is 936 g/mol. The minimum atomic E-state index is -2.09. The van der Waals surface area contributed by atoms with Crippen molar-refractivity contribution in [1.82, 2.24) is 0 Å². The predicted octanol–water partition coefficient (Wildman–Crippen LogP) is -2.65. The number of hydrogen-bond acceptors (Lipinski definition) is 23. The van der Waals surface area contributed by atoms with E-state index in [2.05, 4.69) is 0 Å². The van der Waals surface area contributed by atoms with Gasteiger partial charge in [-0.25, -0.2) is 9.21 Å². The van der Waals surface area contributed by atoms with Crippen molar-refractivity contribution in [3.05, 3.63) is 66.2 Å². The molecule has 24 nitrogen and oxygen atoms in total. The van der Waals surface area contributed by atoms with Crippen LogP contribution in [0.5, 0.6) is 40.2 Å². The summed E-state index contributed by atoms with van der Waals surface area (Å²) in [5.41, 5.74) is 0.107. The zero-order chi connectivity index (χ0) is 47.7. The third kappa shape index (κ3) is 10.0. The van der Waals surface area contributed by atoms with E-state index in [4.69, 9.17) is 37.6 Å². The number of esters is 1. The molecular formula is C42H47O24+. The van der Waals surface area contributed by atoms with Crippen LogP contribution in [0, 0.1) is 0 Å². The smallest absolute Gasteiger partial charge is 0.402 e. The Morgan fingerprint density at radius 3 is 1.82 bits per heavy atom. The summed E-state index contributed by atoms with van der Waals surface area (Å²) < 4.78 is 46.2. The number of benzene rings is 3. The normalized spacial score (nSPS) is 32.6. The standard InChI is InChI=1S/C42H46O24/c43-12-26-30(51)33(54)36(57)40(63-26)61-24-10-17(45)9-23-18(24)11-25(38(60-23)16-3-5-20(47)22(49)8-16)62-42-39(35(56)31(52)27(13-44)64-42)66-41-37(58)34(55)32(53)28(65-41)14-59-29(50)6-2-15-1-4-19(46)21(48)7-15/h1-11,26-28,30-37,39-44,51-58H,12-14H2,(H4-,45,46,47,48,49,50)/p+1/t26-,27-,28-,30-,31-,32-,33+,34+,35+,36-,37-,39-,40-,41+,42-/m1/s1. The van der Waals surface area contributed by atoms with Crippen molar-refractivity contribution in [3.8, 4) is 51.6 Å². The summed E-state index contributed by atoms with van der Waals surface area (Å²) in [5.74, 6) is -4.51. The Balaban J connectivity index is 1.20. The first-order valence-electron chi connectivity index (χ1n) is 20.0. The number of aromatic hydroxyl groups is 5. The Morgan fingerprint density at radius 2 is 1.17 bits per heavy atom. The van der Waals surface area contributed by atoms with Crippen LogP contribution in [0.1, 0.15) is 5.56 Å². The van der Waals surface area contributed by atoms with Crippen molar-refractivity contribution >= 4 is 23.0 Å². The molecule has 4 heterocycles. The number of ether oxygens (including phenoxy) is 7. The van der Waals surface area contributed by atoms with Gasteiger partial charge in [-0.05, 0) is 35.9 Å². The van der Waals surface area contributed by atoms with Crippen molar-refractivity contribution in [2.24, 2.45) is 0 Å². The summed E-state index contributed by atoms with van der Waals surface area (Å²) in [4.78, 5) is 12.6. The van der Waals surface area contributed by atoms with E-state index in [0.717, 1.165) is 36.4 Å². The molecule has 0 unspecified atom stereocenters. The average Bonchev–Trinajstić information content (AvgIpc) is 3.29. The largest absolute Gasteiger partial charge is 0.507 e. The molecule has 24 heteroatoms. The SMILES string of the molecule is O=C(/C=C/c1ccc(O)c(O)c1)OC[C@H]1O[C@@H](O[C@H]2[C@H](Oc3cc4c(O[C@@H]5O[C@H](CO)[C@@H](O)[C@H](O)[C@H]5O)cc(O)cc4[o+]c3-c3ccc(O)c(O)c3)O[C@H](CO)[C@@H](O)[C@@H]2O)[C@H](O)[C@@H](O)[C@@H]1O. The second-order valence-corrected chi connectivity index (χ2v) is 15.5. The lowest BCUT2D eigenvalue weighted by Crippen LogP contribution is -2.65. The summed E-state index contributed by atoms with van der Waals surface area (Å²) in [6, 6.07) is 10.5. The molecule has 66 heavy (non-hydrogen) atoms. The lowest BCUT2D eigenvalue weighted by molar-refractivity contribution is -0.358. The van der Waals surface area contributed by atoms with Gasteiger partial charge in [0.25, 0.3) is 0 Å². The summed E-state index contributed by atoms with van der Waals surface area (Å²) in [5, 5.41) is 156. The highest BCUT2D eigenvalue weighted by Crippen LogP contribution is 2.44. The molecule has 7 rings (SSSR count). The maximum atomic E-state index is 12.6. The van der Waals surface area contributed by atoms with Crippen LogP contribution in [0.3, 0.4) is 0 Å². The molecule has 3 saturated heterocycles. The van der Waals surface area contributed by atoms with Crippen molar-refractivity contribution in [3.63, 3.8) is 0 Å². The number of phenolic OH excluding ortho intramolecular Hbond substituents is 5. The van der Waals surface area contributed by atoms with Crippen LogP contribution in [0.25, 0.3) is 28.4 Å². The summed E-state index contributed by atoms with van der Waals surface area (Å²) in [7, 11) is 0. The van der Waals surface area contributed by atoms with Gasteiger partial charge in [-0.2, -0.15) is 0 Å². The van der Waals surface area contributed by atoms with Gasteiger partial charge in [-0.1, -0.05) is 6.07 Å². The van der Waals surface area contributed by atoms with Gasteiger partial charge >= 0.3 is 17.3 Å². The molecule has 0 saturated carbocycles. The van der Waals surface area contributed by atoms with E-state index in [9.17, 15) is 81.4 Å². The monoisotopic (exact) mass is 935 g/mol. The van der Waals surface area contributed by atoms with Gasteiger partial charge in [-0.15, -0.1) is 0 Å². The highest BCUT2D eigenvalue weighted by Gasteiger charge is 2.52. The quantitative estimate of drug-likeness (QED) is 0.0282. The number of aliphatic hydroxyl groups is 10. The Bertz CT molecular complexity index is 2380. The van der Waals surface area contributed by atoms with E-state index < -0.39 is 152 Å². The van der Waals surface area contributed by atoms with E-state index in [1.807, 2.05) is 0 Å². The molecule has 0 bridgehead atoms. The Labute approximate surface area is 371 Å². The highest BCUT2D eigenvalue weighted by molar-refractivity contribution is 5.89. The van der Waals surface area contributed by atoms with Crippen LogP contribution in [0.4, 0.5) is 0 Å². The van der Waals surface area contributed by atoms with E-state index in [1.54, 1.807) is 0 Å². The maximum absolute atomic E-state index is 12.6. The Hall–Kier alpha value is -5.68. The van der Waals surface area contributed by atoms with Crippen LogP contribution in [0.15, 0.2) is 65.1 Å². The van der Waals surface area contributed by atoms with Gasteiger partial charge in [0.1, 0.15) is 90.6 Å². The molecule has 0 radical (unpaired) electrons. The summed E-state index contributed by atoms with van der Waals surface area (Å²) in [6.07, 6.45) is -25.6. The number of fused-ring (bicyclic) bond motifs is 1. The minimum absolute atomic E-state index is 0.00823. The van der Waals surface area contributed by atoms with Crippen molar-refractivity contribution < 1.29 is 119 Å². The lowest BCUT2D eigenvalue weighted by atomic mass is 9.97. The molecule has 0 spiro atoms. The van der Waals surface area contributed by atoms with E-state index in [0.29, 0.717) is 5.56 Å². The number of carbonyl (C=O) groups excluding carboxylic acids is 1. The fraction of sp³-hybridized carbons (Fsp3) is 0.429. The van der Waals surface area contributed by atoms with Crippen LogP contribution in [-0.2, 0) is 28.5 Å². The van der Waals surface area contributed by atoms with Crippen LogP contribution in [-0.4, -0.2) is 195 Å². The number of aliphatic hydroxyl groups excluding tert-OH is 10. The highest BCUT2D eigenvalue weighted by atomic mass is 16.8. The second kappa shape index (κ2) is 20.0. The molecule has 358 valence electrons. The third-order valence-electron chi connectivity index (χ3n) is 11.0. The third-order valence-corrected chi connectivity index (χ3v) is 11.0. The maximum Gasteiger partial charge on any atom is 0.402 e. The molecule has 15 N–H and O–H groups in total. The molecule has 3 aliphatic rings. The molecule has 3 aliphatic heterocycles. The molecule has 4 aromatic rings. The van der Waals surface area contributed by atoms with Crippen LogP contribution in [0.2, 0.25) is 0 Å². The van der Waals surface area contributed by atoms with Gasteiger partial charge in [0, 0.05) is 24.3 Å². The fourth-order valence-corrected chi connectivity index (χ4v) is 7.28. The molecule has 3 aromatic carbocycles. The second-order valence-electron chi connectivity index (χ2n) is 15.5. The fourth-order valence-electron chi connectivity index (χ4n) is 7.28. The predicted molar refractivity (Wildman–Crippen MR) is 215 cm³/mol. The molecular weight excluding hydrogens is 888 g/mol. The molecule has 3 fully saturated rings. The van der Waals surface area contributed by atoms with Gasteiger partial charge in [0.05, 0.1) is 24.8 Å². The number of carbonyl (C=O) groups is 1. The first kappa shape index (κ1) is 48.3. The molecule has 1 aromatic heterocycles. The molecule has 0 amide bonds. The topological polar surface area (TPSA) is 396 Å². The number of rotatable bonds is 13. The van der Waals surface area contributed by atoms with Gasteiger partial charge in [-0.3, -0.25) is 0 Å². The zero-order valence-corrected chi connectivity index (χ0v) is 34.0. The van der Waals surface area contributed by atoms with Crippen LogP contribution < -0.4 is 9.47 Å². The Kier molecular flexibility index (Phi) is 14.7. The van der Waals surface area contributed by atoms with Crippen molar-refractivity contribution in [2.45, 2.75) is 92.1 Å². The summed E-state index contributed by atoms with van der Waals surface area (Å²) in [6.45, 7) is -2.46. The first-order valence-corrected chi connectivity index (χ1v) is 20.0. The van der Waals surface area contributed by atoms with Gasteiger partial charge in [0.2, 0.25) is 18.3 Å². The van der Waals surface area contributed by atoms with Gasteiger partial charge < -0.3 is 110 Å². The number of phenols is 5. The first-order chi connectivity index (χ1) is 31.4. The van der Waals surface area contributed by atoms with Crippen molar-refractivity contribution in [2.75, 3.05) is 19.8 Å². The molecule has 15 atom stereocenters.